The second-order valence-corrected chi connectivity index (χ2v) is 10.0. The molecule has 0 aromatic heterocycles. The summed E-state index contributed by atoms with van der Waals surface area (Å²) >= 11 is 0. The lowest BCUT2D eigenvalue weighted by molar-refractivity contribution is -0.120. The second kappa shape index (κ2) is 11.6. The molecule has 4 amide bonds. The molecule has 0 aliphatic rings. The first-order valence-electron chi connectivity index (χ1n) is 11.3. The minimum atomic E-state index is -4.18. The van der Waals surface area contributed by atoms with Crippen molar-refractivity contribution < 1.29 is 27.9 Å². The number of rotatable bonds is 8. The van der Waals surface area contributed by atoms with Gasteiger partial charge in [-0.25, -0.2) is 17.9 Å². The molecule has 3 aromatic rings. The number of phenols is 1. The predicted octanol–water partition coefficient (Wildman–Crippen LogP) is 2.92. The minimum absolute atomic E-state index is 0.0528. The summed E-state index contributed by atoms with van der Waals surface area (Å²) in [5.74, 6) is -1.17. The van der Waals surface area contributed by atoms with Crippen molar-refractivity contribution in [3.8, 4) is 5.75 Å². The Morgan fingerprint density at radius 2 is 1.62 bits per heavy atom. The third kappa shape index (κ3) is 7.07. The Morgan fingerprint density at radius 3 is 2.24 bits per heavy atom. The summed E-state index contributed by atoms with van der Waals surface area (Å²) in [5.41, 5.74) is 1.67. The fourth-order valence-electron chi connectivity index (χ4n) is 3.66. The average molecular weight is 525 g/mol. The van der Waals surface area contributed by atoms with Gasteiger partial charge in [0.2, 0.25) is 11.8 Å². The summed E-state index contributed by atoms with van der Waals surface area (Å²) in [6.07, 6.45) is 0.0812. The zero-order valence-corrected chi connectivity index (χ0v) is 21.4. The van der Waals surface area contributed by atoms with Crippen molar-refractivity contribution >= 4 is 39.2 Å². The van der Waals surface area contributed by atoms with Crippen LogP contribution in [-0.2, 0) is 26.0 Å². The van der Waals surface area contributed by atoms with Gasteiger partial charge in [0, 0.05) is 32.1 Å². The maximum Gasteiger partial charge on any atom is 0.329 e. The highest BCUT2D eigenvalue weighted by Gasteiger charge is 2.28. The SMILES string of the molecule is CC(=O)Nc1ccc(N(C)C(=O)C(Cc2ccccc2)NC(=O)NS(=O)(=O)c2ccccc2C)cc1O. The molecule has 4 N–H and O–H groups in total. The van der Waals surface area contributed by atoms with Crippen molar-refractivity contribution in [2.24, 2.45) is 0 Å². The number of amides is 4. The third-order valence-electron chi connectivity index (χ3n) is 5.51. The van der Waals surface area contributed by atoms with Gasteiger partial charge in [-0.2, -0.15) is 0 Å². The molecule has 37 heavy (non-hydrogen) atoms. The van der Waals surface area contributed by atoms with Gasteiger partial charge in [-0.3, -0.25) is 9.59 Å². The molecule has 0 saturated carbocycles. The molecule has 0 spiro atoms. The molecule has 0 aliphatic carbocycles. The number of urea groups is 1. The number of phenolic OH excluding ortho intramolecular Hbond substituents is 1. The number of nitrogens with zero attached hydrogens (tertiary/aromatic N) is 1. The summed E-state index contributed by atoms with van der Waals surface area (Å²) < 4.78 is 27.5. The summed E-state index contributed by atoms with van der Waals surface area (Å²) in [6.45, 7) is 2.91. The monoisotopic (exact) mass is 524 g/mol. The number of aryl methyl sites for hydroxylation is 1. The Balaban J connectivity index is 1.83. The number of sulfonamides is 1. The van der Waals surface area contributed by atoms with Crippen molar-refractivity contribution in [1.29, 1.82) is 0 Å². The number of hydrogen-bond acceptors (Lipinski definition) is 6. The van der Waals surface area contributed by atoms with Crippen molar-refractivity contribution in [3.63, 3.8) is 0 Å². The Bertz CT molecular complexity index is 1410. The largest absolute Gasteiger partial charge is 0.506 e. The molecule has 0 bridgehead atoms. The highest BCUT2D eigenvalue weighted by molar-refractivity contribution is 7.90. The van der Waals surface area contributed by atoms with Gasteiger partial charge in [-0.1, -0.05) is 48.5 Å². The molecular weight excluding hydrogens is 496 g/mol. The van der Waals surface area contributed by atoms with E-state index in [4.69, 9.17) is 0 Å². The van der Waals surface area contributed by atoms with Crippen molar-refractivity contribution in [3.05, 3.63) is 83.9 Å². The van der Waals surface area contributed by atoms with Crippen LogP contribution in [-0.4, -0.2) is 44.5 Å². The standard InChI is InChI=1S/C26H28N4O6S/c1-17-9-7-8-12-24(17)37(35,36)29-26(34)28-22(15-19-10-5-4-6-11-19)25(33)30(3)20-13-14-21(23(32)16-20)27-18(2)31/h4-14,16,22,32H,15H2,1-3H3,(H,27,31)(H2,28,29,34). The predicted molar refractivity (Wildman–Crippen MR) is 140 cm³/mol. The molecule has 194 valence electrons. The molecule has 0 fully saturated rings. The third-order valence-corrected chi connectivity index (χ3v) is 7.00. The van der Waals surface area contributed by atoms with E-state index in [1.54, 1.807) is 55.5 Å². The minimum Gasteiger partial charge on any atom is -0.506 e. The van der Waals surface area contributed by atoms with E-state index in [1.807, 2.05) is 4.72 Å². The quantitative estimate of drug-likeness (QED) is 0.334. The van der Waals surface area contributed by atoms with E-state index in [0.29, 0.717) is 11.3 Å². The van der Waals surface area contributed by atoms with Crippen LogP contribution < -0.4 is 20.3 Å². The van der Waals surface area contributed by atoms with Crippen molar-refractivity contribution in [2.45, 2.75) is 31.2 Å². The van der Waals surface area contributed by atoms with E-state index in [2.05, 4.69) is 10.6 Å². The number of aromatic hydroxyl groups is 1. The Hall–Kier alpha value is -4.38. The summed E-state index contributed by atoms with van der Waals surface area (Å²) in [6, 6.07) is 17.2. The molecule has 3 aromatic carbocycles. The zero-order chi connectivity index (χ0) is 27.2. The molecule has 1 atom stereocenters. The number of carbonyl (C=O) groups excluding carboxylic acids is 3. The van der Waals surface area contributed by atoms with E-state index in [0.717, 1.165) is 5.56 Å². The Kier molecular flexibility index (Phi) is 8.51. The van der Waals surface area contributed by atoms with Crippen LogP contribution in [0.2, 0.25) is 0 Å². The first kappa shape index (κ1) is 27.2. The summed E-state index contributed by atoms with van der Waals surface area (Å²) in [5, 5.41) is 15.2. The lowest BCUT2D eigenvalue weighted by atomic mass is 10.0. The number of nitrogens with one attached hydrogen (secondary N) is 3. The van der Waals surface area contributed by atoms with Crippen LogP contribution in [0.4, 0.5) is 16.2 Å². The maximum atomic E-state index is 13.4. The van der Waals surface area contributed by atoms with E-state index in [-0.39, 0.29) is 28.7 Å². The van der Waals surface area contributed by atoms with Gasteiger partial charge in [0.05, 0.1) is 10.6 Å². The lowest BCUT2D eigenvalue weighted by Crippen LogP contribution is -2.52. The Labute approximate surface area is 215 Å². The topological polar surface area (TPSA) is 145 Å². The number of hydrogen-bond donors (Lipinski definition) is 4. The van der Waals surface area contributed by atoms with E-state index in [9.17, 15) is 27.9 Å². The van der Waals surface area contributed by atoms with Gasteiger partial charge >= 0.3 is 6.03 Å². The summed E-state index contributed by atoms with van der Waals surface area (Å²) in [4.78, 5) is 38.6. The normalized spacial score (nSPS) is 11.8. The number of benzene rings is 3. The van der Waals surface area contributed by atoms with Gasteiger partial charge < -0.3 is 20.6 Å². The maximum absolute atomic E-state index is 13.4. The Morgan fingerprint density at radius 1 is 0.973 bits per heavy atom. The lowest BCUT2D eigenvalue weighted by Gasteiger charge is -2.25. The smallest absolute Gasteiger partial charge is 0.329 e. The van der Waals surface area contributed by atoms with Gasteiger partial charge in [-0.05, 0) is 36.2 Å². The molecule has 0 saturated heterocycles. The van der Waals surface area contributed by atoms with Crippen LogP contribution in [0.15, 0.2) is 77.7 Å². The molecule has 10 nitrogen and oxygen atoms in total. The molecular formula is C26H28N4O6S. The first-order valence-corrected chi connectivity index (χ1v) is 12.8. The molecule has 0 aliphatic heterocycles. The van der Waals surface area contributed by atoms with Gasteiger partial charge in [0.1, 0.15) is 11.8 Å². The number of likely N-dealkylation sites (N-methyl/N-ethyl adjacent to an activating group) is 1. The van der Waals surface area contributed by atoms with Gasteiger partial charge in [0.25, 0.3) is 10.0 Å². The van der Waals surface area contributed by atoms with Crippen LogP contribution in [0, 0.1) is 6.92 Å². The van der Waals surface area contributed by atoms with Crippen LogP contribution in [0.3, 0.4) is 0 Å². The molecule has 0 heterocycles. The zero-order valence-electron chi connectivity index (χ0n) is 20.6. The van der Waals surface area contributed by atoms with Crippen molar-refractivity contribution in [1.82, 2.24) is 10.0 Å². The molecule has 1 unspecified atom stereocenters. The average Bonchev–Trinajstić information content (AvgIpc) is 2.84. The fourth-order valence-corrected chi connectivity index (χ4v) is 4.82. The molecule has 3 rings (SSSR count). The fraction of sp³-hybridized carbons (Fsp3) is 0.192. The summed E-state index contributed by atoms with van der Waals surface area (Å²) in [7, 11) is -2.73. The highest BCUT2D eigenvalue weighted by atomic mass is 32.2. The van der Waals surface area contributed by atoms with Crippen LogP contribution in [0.25, 0.3) is 0 Å². The van der Waals surface area contributed by atoms with Gasteiger partial charge in [0.15, 0.2) is 0 Å². The van der Waals surface area contributed by atoms with E-state index >= 15 is 0 Å². The van der Waals surface area contributed by atoms with Crippen LogP contribution in [0.1, 0.15) is 18.1 Å². The van der Waals surface area contributed by atoms with E-state index in [1.165, 1.54) is 43.1 Å². The first-order chi connectivity index (χ1) is 17.5. The number of anilines is 2. The van der Waals surface area contributed by atoms with Crippen LogP contribution in [0.5, 0.6) is 5.75 Å². The van der Waals surface area contributed by atoms with Crippen LogP contribution >= 0.6 is 0 Å². The van der Waals surface area contributed by atoms with Crippen molar-refractivity contribution in [2.75, 3.05) is 17.3 Å². The number of carbonyl (C=O) groups is 3. The molecule has 11 heteroatoms. The van der Waals surface area contributed by atoms with Gasteiger partial charge in [-0.15, -0.1) is 0 Å². The second-order valence-electron chi connectivity index (χ2n) is 8.37. The molecule has 0 radical (unpaired) electrons. The highest BCUT2D eigenvalue weighted by Crippen LogP contribution is 2.29. The van der Waals surface area contributed by atoms with E-state index < -0.39 is 28.0 Å².